The summed E-state index contributed by atoms with van der Waals surface area (Å²) in [5.41, 5.74) is 1.95. The Morgan fingerprint density at radius 3 is 2.50 bits per heavy atom. The fourth-order valence-electron chi connectivity index (χ4n) is 1.97. The first-order chi connectivity index (χ1) is 9.31. The van der Waals surface area contributed by atoms with E-state index in [0.717, 1.165) is 17.5 Å². The zero-order valence-electron chi connectivity index (χ0n) is 12.5. The third kappa shape index (κ3) is 6.17. The van der Waals surface area contributed by atoms with Crippen molar-refractivity contribution in [2.45, 2.75) is 52.8 Å². The minimum atomic E-state index is -0.812. The number of hydrogen-bond acceptors (Lipinski definition) is 3. The zero-order chi connectivity index (χ0) is 15.2. The van der Waals surface area contributed by atoms with Gasteiger partial charge in [-0.1, -0.05) is 45.0 Å². The average molecular weight is 279 g/mol. The van der Waals surface area contributed by atoms with Gasteiger partial charge in [-0.3, -0.25) is 4.79 Å². The lowest BCUT2D eigenvalue weighted by molar-refractivity contribution is -0.139. The summed E-state index contributed by atoms with van der Waals surface area (Å²) >= 11 is 0. The molecule has 4 nitrogen and oxygen atoms in total. The van der Waals surface area contributed by atoms with Crippen LogP contribution in [0.3, 0.4) is 0 Å². The number of carbonyl (C=O) groups is 1. The first-order valence-corrected chi connectivity index (χ1v) is 6.97. The van der Waals surface area contributed by atoms with Gasteiger partial charge in [0, 0.05) is 6.54 Å². The summed E-state index contributed by atoms with van der Waals surface area (Å²) in [6, 6.07) is 6.99. The number of benzene rings is 1. The highest BCUT2D eigenvalue weighted by Crippen LogP contribution is 2.21. The topological polar surface area (TPSA) is 69.6 Å². The first kappa shape index (κ1) is 16.7. The molecule has 1 rings (SSSR count). The number of nitrogens with one attached hydrogen (secondary N) is 1. The normalized spacial score (nSPS) is 13.2. The van der Waals surface area contributed by atoms with Gasteiger partial charge in [-0.25, -0.2) is 0 Å². The van der Waals surface area contributed by atoms with E-state index in [-0.39, 0.29) is 12.0 Å². The van der Waals surface area contributed by atoms with Crippen LogP contribution >= 0.6 is 0 Å². The molecule has 3 N–H and O–H groups in total. The third-order valence-corrected chi connectivity index (χ3v) is 3.21. The second-order valence-corrected chi connectivity index (χ2v) is 6.35. The quantitative estimate of drug-likeness (QED) is 0.717. The van der Waals surface area contributed by atoms with Crippen molar-refractivity contribution in [3.63, 3.8) is 0 Å². The lowest BCUT2D eigenvalue weighted by Gasteiger charge is -2.21. The van der Waals surface area contributed by atoms with Crippen LogP contribution in [-0.4, -0.2) is 22.2 Å². The van der Waals surface area contributed by atoms with Crippen LogP contribution in [0.25, 0.3) is 0 Å². The molecule has 20 heavy (non-hydrogen) atoms. The van der Waals surface area contributed by atoms with Crippen molar-refractivity contribution in [1.82, 2.24) is 5.32 Å². The lowest BCUT2D eigenvalue weighted by atomic mass is 9.88. The molecule has 0 spiro atoms. The largest absolute Gasteiger partial charge is 0.480 e. The van der Waals surface area contributed by atoms with Crippen molar-refractivity contribution in [3.05, 3.63) is 35.4 Å². The number of rotatable bonds is 7. The number of carboxylic acids is 1. The number of carboxylic acid groups (broad SMARTS) is 1. The molecule has 1 aromatic rings. The van der Waals surface area contributed by atoms with E-state index in [2.05, 4.69) is 26.1 Å². The summed E-state index contributed by atoms with van der Waals surface area (Å²) in [5.74, 6) is -0.812. The predicted octanol–water partition coefficient (Wildman–Crippen LogP) is 2.55. The van der Waals surface area contributed by atoms with Crippen LogP contribution in [0.4, 0.5) is 0 Å². The van der Waals surface area contributed by atoms with Crippen LogP contribution in [0.15, 0.2) is 24.3 Å². The van der Waals surface area contributed by atoms with Gasteiger partial charge >= 0.3 is 5.97 Å². The molecule has 4 heteroatoms. The number of aliphatic hydroxyl groups is 1. The molecule has 1 atom stereocenters. The van der Waals surface area contributed by atoms with Gasteiger partial charge in [-0.15, -0.1) is 0 Å². The summed E-state index contributed by atoms with van der Waals surface area (Å²) in [6.07, 6.45) is 1.46. The van der Waals surface area contributed by atoms with Gasteiger partial charge in [0.2, 0.25) is 0 Å². The van der Waals surface area contributed by atoms with Crippen LogP contribution in [0.2, 0.25) is 0 Å². The smallest absolute Gasteiger partial charge is 0.320 e. The third-order valence-electron chi connectivity index (χ3n) is 3.21. The molecule has 0 heterocycles. The molecule has 0 aliphatic carbocycles. The Kier molecular flexibility index (Phi) is 6.17. The summed E-state index contributed by atoms with van der Waals surface area (Å²) in [6.45, 7) is 6.82. The van der Waals surface area contributed by atoms with Crippen molar-refractivity contribution in [2.24, 2.45) is 5.41 Å². The van der Waals surface area contributed by atoms with Crippen molar-refractivity contribution < 1.29 is 15.0 Å². The highest BCUT2D eigenvalue weighted by molar-refractivity contribution is 5.73. The molecule has 0 fully saturated rings. The molecular formula is C16H25NO3. The van der Waals surface area contributed by atoms with E-state index in [1.54, 1.807) is 0 Å². The SMILES string of the molecule is CC(C)(C)CCC(NCc1cccc(CO)c1)C(=O)O. The van der Waals surface area contributed by atoms with Crippen LogP contribution < -0.4 is 5.32 Å². The molecule has 0 amide bonds. The van der Waals surface area contributed by atoms with Crippen LogP contribution in [0.5, 0.6) is 0 Å². The van der Waals surface area contributed by atoms with E-state index in [9.17, 15) is 9.90 Å². The van der Waals surface area contributed by atoms with E-state index in [4.69, 9.17) is 5.11 Å². The van der Waals surface area contributed by atoms with Gasteiger partial charge in [-0.05, 0) is 29.4 Å². The van der Waals surface area contributed by atoms with Crippen molar-refractivity contribution in [3.8, 4) is 0 Å². The summed E-state index contributed by atoms with van der Waals surface area (Å²) in [4.78, 5) is 11.3. The van der Waals surface area contributed by atoms with Crippen molar-refractivity contribution in [1.29, 1.82) is 0 Å². The summed E-state index contributed by atoms with van der Waals surface area (Å²) < 4.78 is 0. The van der Waals surface area contributed by atoms with Gasteiger partial charge in [0.15, 0.2) is 0 Å². The van der Waals surface area contributed by atoms with Gasteiger partial charge in [0.25, 0.3) is 0 Å². The molecule has 0 bridgehead atoms. The minimum absolute atomic E-state index is 0.000221. The van der Waals surface area contributed by atoms with Crippen molar-refractivity contribution >= 4 is 5.97 Å². The van der Waals surface area contributed by atoms with E-state index < -0.39 is 12.0 Å². The molecule has 1 unspecified atom stereocenters. The van der Waals surface area contributed by atoms with E-state index in [1.807, 2.05) is 24.3 Å². The van der Waals surface area contributed by atoms with Gasteiger partial charge < -0.3 is 15.5 Å². The highest BCUT2D eigenvalue weighted by Gasteiger charge is 2.20. The van der Waals surface area contributed by atoms with E-state index >= 15 is 0 Å². The fraction of sp³-hybridized carbons (Fsp3) is 0.562. The Morgan fingerprint density at radius 1 is 1.30 bits per heavy atom. The van der Waals surface area contributed by atoms with E-state index in [1.165, 1.54) is 0 Å². The molecule has 112 valence electrons. The van der Waals surface area contributed by atoms with Crippen molar-refractivity contribution in [2.75, 3.05) is 0 Å². The molecule has 0 saturated heterocycles. The van der Waals surface area contributed by atoms with Crippen LogP contribution in [0, 0.1) is 5.41 Å². The Morgan fingerprint density at radius 2 is 1.95 bits per heavy atom. The summed E-state index contributed by atoms with van der Waals surface area (Å²) in [7, 11) is 0. The van der Waals surface area contributed by atoms with Crippen LogP contribution in [0.1, 0.15) is 44.7 Å². The molecule has 0 saturated carbocycles. The Hall–Kier alpha value is -1.39. The Labute approximate surface area is 120 Å². The Balaban J connectivity index is 2.56. The second-order valence-electron chi connectivity index (χ2n) is 6.35. The average Bonchev–Trinajstić information content (AvgIpc) is 2.37. The molecule has 0 aromatic heterocycles. The van der Waals surface area contributed by atoms with Crippen LogP contribution in [-0.2, 0) is 17.9 Å². The van der Waals surface area contributed by atoms with Gasteiger partial charge in [0.1, 0.15) is 6.04 Å². The monoisotopic (exact) mass is 279 g/mol. The number of aliphatic hydroxyl groups excluding tert-OH is 1. The number of hydrogen-bond donors (Lipinski definition) is 3. The highest BCUT2D eigenvalue weighted by atomic mass is 16.4. The molecule has 0 aliphatic rings. The maximum Gasteiger partial charge on any atom is 0.320 e. The molecule has 0 radical (unpaired) electrons. The van der Waals surface area contributed by atoms with Gasteiger partial charge in [0.05, 0.1) is 6.61 Å². The summed E-state index contributed by atoms with van der Waals surface area (Å²) in [5, 5.41) is 21.4. The zero-order valence-corrected chi connectivity index (χ0v) is 12.5. The molecular weight excluding hydrogens is 254 g/mol. The first-order valence-electron chi connectivity index (χ1n) is 6.97. The van der Waals surface area contributed by atoms with Gasteiger partial charge in [-0.2, -0.15) is 0 Å². The Bertz CT molecular complexity index is 438. The lowest BCUT2D eigenvalue weighted by Crippen LogP contribution is -2.37. The second kappa shape index (κ2) is 7.41. The standard InChI is InChI=1S/C16H25NO3/c1-16(2,3)8-7-14(15(19)20)17-10-12-5-4-6-13(9-12)11-18/h4-6,9,14,17-18H,7-8,10-11H2,1-3H3,(H,19,20). The number of aliphatic carboxylic acids is 1. The predicted molar refractivity (Wildman–Crippen MR) is 79.3 cm³/mol. The molecule has 0 aliphatic heterocycles. The van der Waals surface area contributed by atoms with E-state index in [0.29, 0.717) is 13.0 Å². The maximum atomic E-state index is 11.3. The molecule has 1 aromatic carbocycles. The fourth-order valence-corrected chi connectivity index (χ4v) is 1.97. The maximum absolute atomic E-state index is 11.3. The minimum Gasteiger partial charge on any atom is -0.480 e.